The maximum atomic E-state index is 4.74. The maximum Gasteiger partial charge on any atom is 0.0607 e. The summed E-state index contributed by atoms with van der Waals surface area (Å²) in [4.78, 5) is 4.74. The summed E-state index contributed by atoms with van der Waals surface area (Å²) in [6.07, 6.45) is 4.31. The van der Waals surface area contributed by atoms with Crippen LogP contribution in [-0.2, 0) is 21.1 Å². The van der Waals surface area contributed by atoms with Crippen LogP contribution in [0.15, 0.2) is 48.5 Å². The van der Waals surface area contributed by atoms with Crippen molar-refractivity contribution in [3.63, 3.8) is 0 Å². The zero-order valence-electron chi connectivity index (χ0n) is 10.0. The van der Waals surface area contributed by atoms with Crippen molar-refractivity contribution in [2.24, 2.45) is 0 Å². The minimum atomic E-state index is 0. The van der Waals surface area contributed by atoms with E-state index in [4.69, 9.17) is 4.98 Å². The molecule has 2 heteroatoms. The predicted molar refractivity (Wildman–Crippen MR) is 74.9 cm³/mol. The van der Waals surface area contributed by atoms with E-state index >= 15 is 0 Å². The fraction of sp³-hybridized carbons (Fsp3) is 0. The Bertz CT molecular complexity index is 776. The van der Waals surface area contributed by atoms with Gasteiger partial charge in [-0.05, 0) is 22.9 Å². The summed E-state index contributed by atoms with van der Waals surface area (Å²) < 4.78 is 0. The average molecular weight is 423 g/mol. The molecule has 0 aliphatic heterocycles. The Kier molecular flexibility index (Phi) is 3.08. The number of nitrogens with zero attached hydrogens (tertiary/aromatic N) is 1. The van der Waals surface area contributed by atoms with Crippen molar-refractivity contribution < 1.29 is 21.1 Å². The fourth-order valence-corrected chi connectivity index (χ4v) is 2.49. The fourth-order valence-electron chi connectivity index (χ4n) is 2.49. The average Bonchev–Trinajstić information content (AvgIpc) is 2.85. The Hall–Kier alpha value is -1.72. The second-order valence-electron chi connectivity index (χ2n) is 4.45. The van der Waals surface area contributed by atoms with Gasteiger partial charge in [0.1, 0.15) is 0 Å². The van der Waals surface area contributed by atoms with Gasteiger partial charge in [-0.1, -0.05) is 30.4 Å². The van der Waals surface area contributed by atoms with Gasteiger partial charge in [-0.15, -0.1) is 35.9 Å². The van der Waals surface area contributed by atoms with Gasteiger partial charge in [-0.3, -0.25) is 4.98 Å². The van der Waals surface area contributed by atoms with E-state index in [2.05, 4.69) is 42.5 Å². The normalized spacial score (nSPS) is 11.6. The van der Waals surface area contributed by atoms with Crippen LogP contribution in [0.3, 0.4) is 0 Å². The van der Waals surface area contributed by atoms with Crippen molar-refractivity contribution in [1.29, 1.82) is 0 Å². The van der Waals surface area contributed by atoms with Gasteiger partial charge in [0.15, 0.2) is 0 Å². The molecule has 2 aromatic carbocycles. The molecule has 1 aromatic heterocycles. The molecule has 0 saturated carbocycles. The topological polar surface area (TPSA) is 12.9 Å². The van der Waals surface area contributed by atoms with Gasteiger partial charge in [-0.25, -0.2) is 0 Å². The van der Waals surface area contributed by atoms with Crippen LogP contribution in [0.25, 0.3) is 34.3 Å². The molecular weight excluding hydrogens is 413 g/mol. The smallest absolute Gasteiger partial charge is 0.0607 e. The third kappa shape index (κ3) is 1.95. The summed E-state index contributed by atoms with van der Waals surface area (Å²) in [6.45, 7) is 0. The van der Waals surface area contributed by atoms with Crippen LogP contribution >= 0.6 is 0 Å². The molecule has 1 heterocycles. The number of rotatable bonds is 1. The summed E-state index contributed by atoms with van der Waals surface area (Å²) in [6, 6.07) is 19.6. The molecule has 1 aliphatic carbocycles. The molecule has 0 bridgehead atoms. The van der Waals surface area contributed by atoms with Crippen LogP contribution in [0.5, 0.6) is 0 Å². The van der Waals surface area contributed by atoms with Gasteiger partial charge >= 0.3 is 0 Å². The Labute approximate surface area is 126 Å². The molecule has 0 atom stereocenters. The summed E-state index contributed by atoms with van der Waals surface area (Å²) in [7, 11) is 0. The minimum Gasteiger partial charge on any atom is -0.296 e. The second-order valence-corrected chi connectivity index (χ2v) is 4.45. The number of hydrogen-bond donors (Lipinski definition) is 0. The molecule has 4 rings (SSSR count). The van der Waals surface area contributed by atoms with Gasteiger partial charge in [0, 0.05) is 26.5 Å². The van der Waals surface area contributed by atoms with Gasteiger partial charge < -0.3 is 0 Å². The molecule has 0 N–H and O–H groups in total. The Morgan fingerprint density at radius 3 is 2.63 bits per heavy atom. The molecule has 94 valence electrons. The number of aromatic nitrogens is 1. The summed E-state index contributed by atoms with van der Waals surface area (Å²) >= 11 is 0. The van der Waals surface area contributed by atoms with Crippen LogP contribution in [0.1, 0.15) is 11.1 Å². The van der Waals surface area contributed by atoms with E-state index in [-0.39, 0.29) is 21.1 Å². The summed E-state index contributed by atoms with van der Waals surface area (Å²) in [5.74, 6) is 0. The van der Waals surface area contributed by atoms with Crippen molar-refractivity contribution in [2.45, 2.75) is 0 Å². The van der Waals surface area contributed by atoms with Crippen LogP contribution in [0.2, 0.25) is 0 Å². The first-order valence-electron chi connectivity index (χ1n) is 6.01. The van der Waals surface area contributed by atoms with Crippen molar-refractivity contribution in [2.75, 3.05) is 0 Å². The molecule has 1 aliphatic rings. The third-order valence-corrected chi connectivity index (χ3v) is 3.32. The van der Waals surface area contributed by atoms with E-state index in [1.165, 1.54) is 16.5 Å². The van der Waals surface area contributed by atoms with E-state index in [0.29, 0.717) is 0 Å². The number of hydrogen-bond acceptors (Lipinski definition) is 1. The predicted octanol–water partition coefficient (Wildman–Crippen LogP) is 4.18. The van der Waals surface area contributed by atoms with Gasteiger partial charge in [0.05, 0.1) is 5.52 Å². The Morgan fingerprint density at radius 2 is 1.79 bits per heavy atom. The van der Waals surface area contributed by atoms with Crippen molar-refractivity contribution in [3.8, 4) is 11.3 Å². The molecule has 0 saturated heterocycles. The van der Waals surface area contributed by atoms with Gasteiger partial charge in [0.25, 0.3) is 0 Å². The maximum absolute atomic E-state index is 4.74. The molecule has 19 heavy (non-hydrogen) atoms. The number of pyridine rings is 1. The van der Waals surface area contributed by atoms with Crippen LogP contribution < -0.4 is 0 Å². The second kappa shape index (κ2) is 4.75. The molecule has 0 unspecified atom stereocenters. The number of benzene rings is 2. The molecule has 0 radical (unpaired) electrons. The molecule has 3 aromatic rings. The Morgan fingerprint density at radius 1 is 0.895 bits per heavy atom. The SMILES string of the molecule is [Pt].[c-]1ccccc1-c1cc2c3c(cccc3n1)C=C2. The summed E-state index contributed by atoms with van der Waals surface area (Å²) in [5.41, 5.74) is 5.60. The standard InChI is InChI=1S/C17H10N.Pt/c1-2-5-12(6-3-1)16-11-14-10-9-13-7-4-8-15(18-16)17(13)14;/h1-5,7-11H;/q-1;. The first-order chi connectivity index (χ1) is 8.92. The first-order valence-corrected chi connectivity index (χ1v) is 6.01. The van der Waals surface area contributed by atoms with Gasteiger partial charge in [-0.2, -0.15) is 0 Å². The monoisotopic (exact) mass is 423 g/mol. The van der Waals surface area contributed by atoms with E-state index in [9.17, 15) is 0 Å². The third-order valence-electron chi connectivity index (χ3n) is 3.32. The van der Waals surface area contributed by atoms with Crippen molar-refractivity contribution >= 4 is 23.1 Å². The van der Waals surface area contributed by atoms with E-state index in [1.807, 2.05) is 24.3 Å². The van der Waals surface area contributed by atoms with Crippen LogP contribution in [-0.4, -0.2) is 4.98 Å². The van der Waals surface area contributed by atoms with Crippen molar-refractivity contribution in [3.05, 3.63) is 65.7 Å². The van der Waals surface area contributed by atoms with Gasteiger partial charge in [0.2, 0.25) is 0 Å². The summed E-state index contributed by atoms with van der Waals surface area (Å²) in [5, 5.41) is 1.26. The largest absolute Gasteiger partial charge is 0.296 e. The molecule has 1 nitrogen and oxygen atoms in total. The zero-order chi connectivity index (χ0) is 11.9. The van der Waals surface area contributed by atoms with E-state index in [0.717, 1.165) is 16.8 Å². The molecule has 0 spiro atoms. The minimum absolute atomic E-state index is 0. The van der Waals surface area contributed by atoms with Crippen LogP contribution in [0, 0.1) is 6.07 Å². The molecular formula is C17H10NPt-. The Balaban J connectivity index is 0.00000110. The van der Waals surface area contributed by atoms with E-state index < -0.39 is 0 Å². The van der Waals surface area contributed by atoms with Crippen molar-refractivity contribution in [1.82, 2.24) is 4.98 Å². The first kappa shape index (κ1) is 12.3. The molecule has 0 fully saturated rings. The molecule has 0 amide bonds. The zero-order valence-corrected chi connectivity index (χ0v) is 12.3. The van der Waals surface area contributed by atoms with Crippen LogP contribution in [0.4, 0.5) is 0 Å². The van der Waals surface area contributed by atoms with E-state index in [1.54, 1.807) is 0 Å². The quantitative estimate of drug-likeness (QED) is 0.419.